The molecule has 0 unspecified atom stereocenters. The molecule has 15 heavy (non-hydrogen) atoms. The summed E-state index contributed by atoms with van der Waals surface area (Å²) in [5.41, 5.74) is 1.38. The van der Waals surface area contributed by atoms with Crippen LogP contribution in [-0.4, -0.2) is 13.2 Å². The molecular weight excluding hydrogens is 184 g/mol. The fourth-order valence-corrected chi connectivity index (χ4v) is 0. The van der Waals surface area contributed by atoms with E-state index in [0.29, 0.717) is 6.10 Å². The maximum Gasteiger partial charge on any atom is 0.0515 e. The highest BCUT2D eigenvalue weighted by atomic mass is 16.5. The highest BCUT2D eigenvalue weighted by Gasteiger charge is 1.80. The molecule has 1 nitrogen and oxygen atoms in total. The average Bonchev–Trinajstić information content (AvgIpc) is 2.19. The Hall–Kier alpha value is -0.300. The summed E-state index contributed by atoms with van der Waals surface area (Å²) < 4.78 is 4.75. The van der Waals surface area contributed by atoms with Crippen LogP contribution >= 0.6 is 0 Å². The Kier molecular flexibility index (Phi) is 21.7. The van der Waals surface area contributed by atoms with E-state index >= 15 is 0 Å². The van der Waals surface area contributed by atoms with E-state index in [9.17, 15) is 0 Å². The third kappa shape index (κ3) is 57.7. The Labute approximate surface area is 97.9 Å². The normalized spacial score (nSPS) is 8.73. The fraction of sp³-hybridized carbons (Fsp3) is 0.857. The molecule has 1 heteroatoms. The largest absolute Gasteiger partial charge is 0.382 e. The van der Waals surface area contributed by atoms with Crippen molar-refractivity contribution in [2.75, 3.05) is 7.11 Å². The van der Waals surface area contributed by atoms with Crippen LogP contribution in [0.25, 0.3) is 0 Å². The van der Waals surface area contributed by atoms with Gasteiger partial charge in [0.15, 0.2) is 0 Å². The minimum Gasteiger partial charge on any atom is -0.382 e. The first kappa shape index (κ1) is 20.2. The van der Waals surface area contributed by atoms with Crippen molar-refractivity contribution in [1.29, 1.82) is 0 Å². The monoisotopic (exact) mass is 216 g/mol. The van der Waals surface area contributed by atoms with Crippen LogP contribution in [0.2, 0.25) is 0 Å². The van der Waals surface area contributed by atoms with Crippen LogP contribution in [0.1, 0.15) is 61.8 Å². The molecule has 0 aliphatic rings. The summed E-state index contributed by atoms with van der Waals surface area (Å²) in [5.74, 6) is 0.884. The van der Waals surface area contributed by atoms with Crippen LogP contribution in [0, 0.1) is 5.92 Å². The molecule has 0 N–H and O–H groups in total. The van der Waals surface area contributed by atoms with Crippen molar-refractivity contribution in [2.45, 2.75) is 67.9 Å². The first-order valence-corrected chi connectivity index (χ1v) is 5.93. The van der Waals surface area contributed by atoms with Gasteiger partial charge in [-0.15, -0.1) is 0 Å². The first-order valence-electron chi connectivity index (χ1n) is 5.93. The topological polar surface area (TPSA) is 9.23 Å². The summed E-state index contributed by atoms with van der Waals surface area (Å²) in [7, 11) is 1.70. The lowest BCUT2D eigenvalue weighted by atomic mass is 10.2. The van der Waals surface area contributed by atoms with Gasteiger partial charge in [-0.3, -0.25) is 0 Å². The summed E-state index contributed by atoms with van der Waals surface area (Å²) in [5, 5.41) is 0. The maximum atomic E-state index is 4.75. The second-order valence-electron chi connectivity index (χ2n) is 4.45. The van der Waals surface area contributed by atoms with Gasteiger partial charge in [0.05, 0.1) is 6.10 Å². The molecule has 0 aromatic carbocycles. The Morgan fingerprint density at radius 1 is 1.13 bits per heavy atom. The Morgan fingerprint density at radius 3 is 1.33 bits per heavy atom. The van der Waals surface area contributed by atoms with E-state index in [1.54, 1.807) is 7.11 Å². The molecule has 0 heterocycles. The van der Waals surface area contributed by atoms with E-state index in [0.717, 1.165) is 5.92 Å². The predicted octanol–water partition coefficient (Wildman–Crippen LogP) is 5.07. The van der Waals surface area contributed by atoms with Crippen molar-refractivity contribution >= 4 is 0 Å². The highest BCUT2D eigenvalue weighted by molar-refractivity contribution is 4.88. The zero-order valence-corrected chi connectivity index (χ0v) is 12.3. The SMILES string of the molecule is CC=C(C)C.CCC(C)C.COC(C)C. The van der Waals surface area contributed by atoms with E-state index in [2.05, 4.69) is 40.7 Å². The predicted molar refractivity (Wildman–Crippen MR) is 72.4 cm³/mol. The van der Waals surface area contributed by atoms with Crippen molar-refractivity contribution in [3.8, 4) is 0 Å². The quantitative estimate of drug-likeness (QED) is 0.586. The Morgan fingerprint density at radius 2 is 1.33 bits per heavy atom. The summed E-state index contributed by atoms with van der Waals surface area (Å²) in [6, 6.07) is 0. The third-order valence-corrected chi connectivity index (χ3v) is 1.87. The van der Waals surface area contributed by atoms with Gasteiger partial charge in [0.1, 0.15) is 0 Å². The molecule has 0 rings (SSSR count). The van der Waals surface area contributed by atoms with Gasteiger partial charge < -0.3 is 4.74 Å². The standard InChI is InChI=1S/C5H12.C5H10.C4H10O/c2*1-4-5(2)3;1-4(2)5-3/h5H,4H2,1-3H3;2*4H,1-3H3. The van der Waals surface area contributed by atoms with E-state index < -0.39 is 0 Å². The molecule has 0 bridgehead atoms. The number of methoxy groups -OCH3 is 1. The van der Waals surface area contributed by atoms with Gasteiger partial charge >= 0.3 is 0 Å². The molecule has 0 amide bonds. The molecule has 0 fully saturated rings. The summed E-state index contributed by atoms with van der Waals surface area (Å²) in [6.45, 7) is 16.8. The van der Waals surface area contributed by atoms with Gasteiger partial charge in [0.2, 0.25) is 0 Å². The van der Waals surface area contributed by atoms with Crippen LogP contribution in [-0.2, 0) is 4.74 Å². The van der Waals surface area contributed by atoms with E-state index in [-0.39, 0.29) is 0 Å². The molecule has 0 aliphatic carbocycles. The average molecular weight is 216 g/mol. The summed E-state index contributed by atoms with van der Waals surface area (Å²) in [4.78, 5) is 0. The number of rotatable bonds is 2. The maximum absolute atomic E-state index is 4.75. The lowest BCUT2D eigenvalue weighted by Gasteiger charge is -1.94. The molecule has 0 saturated carbocycles. The molecule has 94 valence electrons. The third-order valence-electron chi connectivity index (χ3n) is 1.87. The van der Waals surface area contributed by atoms with Gasteiger partial charge in [-0.1, -0.05) is 38.8 Å². The number of hydrogen-bond acceptors (Lipinski definition) is 1. The first-order chi connectivity index (χ1) is 6.81. The second kappa shape index (κ2) is 16.1. The molecule has 0 aliphatic heterocycles. The van der Waals surface area contributed by atoms with Crippen molar-refractivity contribution in [3.63, 3.8) is 0 Å². The van der Waals surface area contributed by atoms with E-state index in [4.69, 9.17) is 4.74 Å². The van der Waals surface area contributed by atoms with Gasteiger partial charge in [-0.05, 0) is 40.5 Å². The van der Waals surface area contributed by atoms with Crippen LogP contribution in [0.5, 0.6) is 0 Å². The molecule has 0 aromatic heterocycles. The van der Waals surface area contributed by atoms with Gasteiger partial charge in [-0.25, -0.2) is 0 Å². The van der Waals surface area contributed by atoms with E-state index in [1.165, 1.54) is 12.0 Å². The van der Waals surface area contributed by atoms with Gasteiger partial charge in [0.25, 0.3) is 0 Å². The number of ether oxygens (including phenoxy) is 1. The van der Waals surface area contributed by atoms with Crippen molar-refractivity contribution in [2.24, 2.45) is 5.92 Å². The number of allylic oxidation sites excluding steroid dienone is 2. The minimum absolute atomic E-state index is 0.384. The molecule has 0 saturated heterocycles. The lowest BCUT2D eigenvalue weighted by Crippen LogP contribution is -1.94. The Balaban J connectivity index is -0.000000144. The molecule has 0 aromatic rings. The summed E-state index contributed by atoms with van der Waals surface area (Å²) in [6.07, 6.45) is 3.77. The van der Waals surface area contributed by atoms with Gasteiger partial charge in [0, 0.05) is 7.11 Å². The van der Waals surface area contributed by atoms with Crippen LogP contribution in [0.15, 0.2) is 11.6 Å². The second-order valence-corrected chi connectivity index (χ2v) is 4.45. The van der Waals surface area contributed by atoms with Crippen LogP contribution < -0.4 is 0 Å². The molecule has 0 atom stereocenters. The van der Waals surface area contributed by atoms with Gasteiger partial charge in [-0.2, -0.15) is 0 Å². The van der Waals surface area contributed by atoms with Crippen molar-refractivity contribution in [1.82, 2.24) is 0 Å². The summed E-state index contributed by atoms with van der Waals surface area (Å²) >= 11 is 0. The Bertz CT molecular complexity index is 111. The highest BCUT2D eigenvalue weighted by Crippen LogP contribution is 1.93. The molecule has 0 radical (unpaired) electrons. The van der Waals surface area contributed by atoms with Crippen molar-refractivity contribution in [3.05, 3.63) is 11.6 Å². The lowest BCUT2D eigenvalue weighted by molar-refractivity contribution is 0.134. The van der Waals surface area contributed by atoms with Crippen molar-refractivity contribution < 1.29 is 4.74 Å². The zero-order chi connectivity index (χ0) is 12.9. The molecular formula is C14H32O. The fourth-order valence-electron chi connectivity index (χ4n) is 0. The molecule has 0 spiro atoms. The number of hydrogen-bond donors (Lipinski definition) is 0. The van der Waals surface area contributed by atoms with Crippen LogP contribution in [0.4, 0.5) is 0 Å². The smallest absolute Gasteiger partial charge is 0.0515 e. The van der Waals surface area contributed by atoms with Crippen LogP contribution in [0.3, 0.4) is 0 Å². The minimum atomic E-state index is 0.384. The zero-order valence-electron chi connectivity index (χ0n) is 12.3. The van der Waals surface area contributed by atoms with E-state index in [1.807, 2.05) is 20.8 Å².